The largest absolute Gasteiger partial charge is 0.365 e. The number of carbonyl (C=O) groups is 2. The summed E-state index contributed by atoms with van der Waals surface area (Å²) in [7, 11) is 0. The van der Waals surface area contributed by atoms with E-state index in [0.29, 0.717) is 18.6 Å². The van der Waals surface area contributed by atoms with Gasteiger partial charge in [0.15, 0.2) is 0 Å². The number of anilines is 1. The number of nitro benzene ring substituents is 1. The molecule has 0 aromatic heterocycles. The smallest absolute Gasteiger partial charge is 0.325 e. The molecular formula is C26H29N3O5. The Bertz CT molecular complexity index is 1230. The SMILES string of the molecule is Cc1ccc(C)c(NC(=O)C23CCC(C)(/C(=N\OC(=O)c4cccc([N+](=O)[O-])c4)C2)C3(C)C)c1. The molecule has 2 saturated carbocycles. The number of nitrogens with zero attached hydrogens (tertiary/aromatic N) is 2. The van der Waals surface area contributed by atoms with Gasteiger partial charge >= 0.3 is 5.97 Å². The lowest BCUT2D eigenvalue weighted by Crippen LogP contribution is -2.43. The lowest BCUT2D eigenvalue weighted by atomic mass is 9.64. The van der Waals surface area contributed by atoms with Crippen molar-refractivity contribution in [3.8, 4) is 0 Å². The number of rotatable bonds is 5. The molecule has 2 unspecified atom stereocenters. The number of nitro groups is 1. The zero-order chi connectivity index (χ0) is 24.9. The van der Waals surface area contributed by atoms with E-state index in [1.807, 2.05) is 32.0 Å². The van der Waals surface area contributed by atoms with Crippen LogP contribution >= 0.6 is 0 Å². The summed E-state index contributed by atoms with van der Waals surface area (Å²) < 4.78 is 0. The molecule has 2 aliphatic carbocycles. The van der Waals surface area contributed by atoms with E-state index >= 15 is 0 Å². The Hall–Kier alpha value is -3.55. The Morgan fingerprint density at radius 3 is 2.53 bits per heavy atom. The average Bonchev–Trinajstić information content (AvgIpc) is 3.10. The van der Waals surface area contributed by atoms with E-state index < -0.39 is 27.1 Å². The second-order valence-electron chi connectivity index (χ2n) is 10.2. The van der Waals surface area contributed by atoms with Gasteiger partial charge in [0, 0.05) is 29.7 Å². The Morgan fingerprint density at radius 1 is 1.09 bits per heavy atom. The molecule has 0 spiro atoms. The normalized spacial score (nSPS) is 25.9. The van der Waals surface area contributed by atoms with Gasteiger partial charge in [0.05, 0.1) is 21.6 Å². The van der Waals surface area contributed by atoms with Gasteiger partial charge in [0.1, 0.15) is 0 Å². The Kier molecular flexibility index (Phi) is 5.58. The number of oxime groups is 1. The van der Waals surface area contributed by atoms with Gasteiger partial charge < -0.3 is 10.2 Å². The number of nitrogens with one attached hydrogen (secondary N) is 1. The second kappa shape index (κ2) is 8.04. The Morgan fingerprint density at radius 2 is 1.82 bits per heavy atom. The molecule has 8 nitrogen and oxygen atoms in total. The van der Waals surface area contributed by atoms with Crippen LogP contribution in [-0.4, -0.2) is 22.5 Å². The molecule has 0 radical (unpaired) electrons. The van der Waals surface area contributed by atoms with Gasteiger partial charge in [-0.1, -0.05) is 44.1 Å². The summed E-state index contributed by atoms with van der Waals surface area (Å²) in [5.41, 5.74) is 1.85. The molecule has 4 rings (SSSR count). The summed E-state index contributed by atoms with van der Waals surface area (Å²) in [5.74, 6) is -0.820. The van der Waals surface area contributed by atoms with Crippen LogP contribution in [0.1, 0.15) is 61.5 Å². The van der Waals surface area contributed by atoms with E-state index in [1.165, 1.54) is 18.2 Å². The lowest BCUT2D eigenvalue weighted by Gasteiger charge is -2.39. The van der Waals surface area contributed by atoms with Crippen molar-refractivity contribution in [3.05, 3.63) is 69.3 Å². The van der Waals surface area contributed by atoms with Crippen LogP contribution in [0.25, 0.3) is 0 Å². The fraction of sp³-hybridized carbons (Fsp3) is 0.423. The standard InChI is InChI=1S/C26H29N3O5/c1-16-9-10-17(2)20(13-16)27-23(31)26-12-11-25(5,24(26,3)4)21(15-26)28-34-22(30)18-7-6-8-19(14-18)29(32)33/h6-10,13-14H,11-12,15H2,1-5H3,(H,27,31)/b28-21-. The van der Waals surface area contributed by atoms with Gasteiger partial charge in [-0.2, -0.15) is 0 Å². The summed E-state index contributed by atoms with van der Waals surface area (Å²) in [6.45, 7) is 10.2. The molecule has 0 heterocycles. The molecule has 2 fully saturated rings. The summed E-state index contributed by atoms with van der Waals surface area (Å²) in [6, 6.07) is 11.3. The predicted octanol–water partition coefficient (Wildman–Crippen LogP) is 5.58. The van der Waals surface area contributed by atoms with Crippen LogP contribution in [0.5, 0.6) is 0 Å². The molecular weight excluding hydrogens is 434 g/mol. The summed E-state index contributed by atoms with van der Waals surface area (Å²) in [6.07, 6.45) is 1.84. The zero-order valence-electron chi connectivity index (χ0n) is 20.1. The van der Waals surface area contributed by atoms with Crippen molar-refractivity contribution >= 4 is 29.0 Å². The van der Waals surface area contributed by atoms with E-state index in [0.717, 1.165) is 29.3 Å². The zero-order valence-corrected chi connectivity index (χ0v) is 20.1. The van der Waals surface area contributed by atoms with Crippen molar-refractivity contribution in [2.45, 2.75) is 53.9 Å². The van der Waals surface area contributed by atoms with E-state index in [2.05, 4.69) is 31.2 Å². The minimum atomic E-state index is -0.769. The highest BCUT2D eigenvalue weighted by Gasteiger charge is 2.71. The first kappa shape index (κ1) is 23.6. The molecule has 2 bridgehead atoms. The topological polar surface area (TPSA) is 111 Å². The van der Waals surface area contributed by atoms with E-state index in [-0.39, 0.29) is 17.2 Å². The van der Waals surface area contributed by atoms with Crippen molar-refractivity contribution in [2.24, 2.45) is 21.4 Å². The number of non-ortho nitro benzene ring substituents is 1. The molecule has 1 amide bonds. The highest BCUT2D eigenvalue weighted by atomic mass is 16.7. The second-order valence-corrected chi connectivity index (χ2v) is 10.2. The number of hydrogen-bond acceptors (Lipinski definition) is 6. The average molecular weight is 464 g/mol. The molecule has 8 heteroatoms. The number of benzene rings is 2. The third-order valence-electron chi connectivity index (χ3n) is 8.34. The molecule has 2 aromatic carbocycles. The lowest BCUT2D eigenvalue weighted by molar-refractivity contribution is -0.384. The number of aryl methyl sites for hydroxylation is 2. The monoisotopic (exact) mass is 463 g/mol. The van der Waals surface area contributed by atoms with Crippen molar-refractivity contribution in [1.29, 1.82) is 0 Å². The highest BCUT2D eigenvalue weighted by Crippen LogP contribution is 2.71. The fourth-order valence-corrected chi connectivity index (χ4v) is 5.53. The van der Waals surface area contributed by atoms with Crippen molar-refractivity contribution in [1.82, 2.24) is 0 Å². The minimum Gasteiger partial charge on any atom is -0.325 e. The van der Waals surface area contributed by atoms with Crippen LogP contribution in [-0.2, 0) is 9.63 Å². The molecule has 2 atom stereocenters. The predicted molar refractivity (Wildman–Crippen MR) is 129 cm³/mol. The summed E-state index contributed by atoms with van der Waals surface area (Å²) >= 11 is 0. The third kappa shape index (κ3) is 3.48. The van der Waals surface area contributed by atoms with Gasteiger partial charge in [0.25, 0.3) is 5.69 Å². The van der Waals surface area contributed by atoms with Gasteiger partial charge in [-0.05, 0) is 55.4 Å². The number of carbonyl (C=O) groups excluding carboxylic acids is 2. The Balaban J connectivity index is 1.60. The number of amides is 1. The minimum absolute atomic E-state index is 0.0495. The molecule has 2 aromatic rings. The van der Waals surface area contributed by atoms with Crippen LogP contribution < -0.4 is 5.32 Å². The van der Waals surface area contributed by atoms with Gasteiger partial charge in [-0.15, -0.1) is 0 Å². The number of hydrogen-bond donors (Lipinski definition) is 1. The fourth-order valence-electron chi connectivity index (χ4n) is 5.53. The highest BCUT2D eigenvalue weighted by molar-refractivity contribution is 6.06. The van der Waals surface area contributed by atoms with Crippen molar-refractivity contribution in [3.63, 3.8) is 0 Å². The maximum atomic E-state index is 13.7. The Labute approximate surface area is 198 Å². The molecule has 34 heavy (non-hydrogen) atoms. The van der Waals surface area contributed by atoms with Gasteiger partial charge in [0.2, 0.25) is 5.91 Å². The first-order valence-corrected chi connectivity index (χ1v) is 11.3. The van der Waals surface area contributed by atoms with Crippen LogP contribution in [0.4, 0.5) is 11.4 Å². The van der Waals surface area contributed by atoms with Crippen molar-refractivity contribution < 1.29 is 19.3 Å². The first-order chi connectivity index (χ1) is 15.9. The van der Waals surface area contributed by atoms with Crippen LogP contribution in [0, 0.1) is 40.2 Å². The van der Waals surface area contributed by atoms with E-state index in [4.69, 9.17) is 4.84 Å². The first-order valence-electron chi connectivity index (χ1n) is 11.3. The molecule has 1 N–H and O–H groups in total. The molecule has 0 aliphatic heterocycles. The van der Waals surface area contributed by atoms with Crippen LogP contribution in [0.15, 0.2) is 47.6 Å². The molecule has 2 aliphatic rings. The quantitative estimate of drug-likeness (QED) is 0.353. The summed E-state index contributed by atoms with van der Waals surface area (Å²) in [4.78, 5) is 41.9. The van der Waals surface area contributed by atoms with E-state index in [1.54, 1.807) is 0 Å². The molecule has 178 valence electrons. The maximum absolute atomic E-state index is 13.7. The van der Waals surface area contributed by atoms with Gasteiger partial charge in [-0.3, -0.25) is 14.9 Å². The molecule has 0 saturated heterocycles. The van der Waals surface area contributed by atoms with E-state index in [9.17, 15) is 19.7 Å². The van der Waals surface area contributed by atoms with Crippen LogP contribution in [0.3, 0.4) is 0 Å². The van der Waals surface area contributed by atoms with Gasteiger partial charge in [-0.25, -0.2) is 4.79 Å². The number of fused-ring (bicyclic) bond motifs is 2. The maximum Gasteiger partial charge on any atom is 0.365 e. The van der Waals surface area contributed by atoms with Crippen molar-refractivity contribution in [2.75, 3.05) is 5.32 Å². The summed E-state index contributed by atoms with van der Waals surface area (Å²) in [5, 5.41) is 18.4. The third-order valence-corrected chi connectivity index (χ3v) is 8.34. The van der Waals surface area contributed by atoms with Crippen LogP contribution in [0.2, 0.25) is 0 Å².